The van der Waals surface area contributed by atoms with Crippen molar-refractivity contribution in [2.45, 2.75) is 213 Å². The molecule has 0 spiro atoms. The average molecular weight is 744 g/mol. The van der Waals surface area contributed by atoms with Crippen molar-refractivity contribution in [2.75, 3.05) is 26.4 Å². The first kappa shape index (κ1) is 49.8. The quantitative estimate of drug-likeness (QED) is 0.0209. The number of esters is 1. The zero-order chi connectivity index (χ0) is 37.4. The Morgan fingerprint density at radius 1 is 0.588 bits per heavy atom. The van der Waals surface area contributed by atoms with Crippen LogP contribution in [0.5, 0.6) is 0 Å². The molecule has 0 aliphatic rings. The van der Waals surface area contributed by atoms with E-state index in [0.717, 1.165) is 44.9 Å². The Balaban J connectivity index is 4.09. The Hall–Kier alpha value is -1.18. The van der Waals surface area contributed by atoms with Crippen LogP contribution in [0.3, 0.4) is 0 Å². The maximum absolute atomic E-state index is 12.5. The summed E-state index contributed by atoms with van der Waals surface area (Å²) in [6.45, 7) is 4.25. The summed E-state index contributed by atoms with van der Waals surface area (Å²) in [4.78, 5) is 22.4. The van der Waals surface area contributed by atoms with Crippen LogP contribution in [-0.4, -0.2) is 43.3 Å². The fourth-order valence-electron chi connectivity index (χ4n) is 6.02. The van der Waals surface area contributed by atoms with E-state index in [1.54, 1.807) is 6.26 Å². The molecule has 3 N–H and O–H groups in total. The molecule has 0 aliphatic heterocycles. The normalized spacial score (nSPS) is 13.6. The van der Waals surface area contributed by atoms with Crippen molar-refractivity contribution in [1.82, 2.24) is 0 Å². The monoisotopic (exact) mass is 744 g/mol. The molecule has 0 aromatic heterocycles. The second-order valence-corrected chi connectivity index (χ2v) is 15.7. The number of unbranched alkanes of at least 4 members (excludes halogenated alkanes) is 26. The number of hydrogen-bond acceptors (Lipinski definition) is 7. The molecule has 0 aliphatic carbocycles. The molecule has 9 heteroatoms. The fourth-order valence-corrected chi connectivity index (χ4v) is 6.78. The lowest BCUT2D eigenvalue weighted by molar-refractivity contribution is -0.153. The Kier molecular flexibility index (Phi) is 39.1. The largest absolute Gasteiger partial charge is 0.498 e. The smallest absolute Gasteiger partial charge is 0.472 e. The molecule has 0 rings (SSSR count). The molecule has 0 fully saturated rings. The van der Waals surface area contributed by atoms with Gasteiger partial charge in [0.2, 0.25) is 0 Å². The van der Waals surface area contributed by atoms with Gasteiger partial charge in [0.15, 0.2) is 6.10 Å². The number of hydrogen-bond donors (Lipinski definition) is 2. The van der Waals surface area contributed by atoms with E-state index in [4.69, 9.17) is 24.3 Å². The minimum atomic E-state index is -4.29. The molecular weight excluding hydrogens is 661 g/mol. The minimum Gasteiger partial charge on any atom is -0.498 e. The van der Waals surface area contributed by atoms with Crippen molar-refractivity contribution in [3.05, 3.63) is 24.5 Å². The zero-order valence-electron chi connectivity index (χ0n) is 33.3. The number of rotatable bonds is 41. The highest BCUT2D eigenvalue weighted by atomic mass is 31.2. The van der Waals surface area contributed by atoms with Gasteiger partial charge in [-0.3, -0.25) is 13.8 Å². The molecule has 0 aromatic rings. The van der Waals surface area contributed by atoms with Crippen molar-refractivity contribution >= 4 is 13.8 Å². The van der Waals surface area contributed by atoms with Crippen LogP contribution in [0.2, 0.25) is 0 Å². The molecule has 0 saturated heterocycles. The maximum atomic E-state index is 12.5. The lowest BCUT2D eigenvalue weighted by Gasteiger charge is -2.19. The number of phosphoric ester groups is 1. The van der Waals surface area contributed by atoms with E-state index in [2.05, 4.69) is 26.0 Å². The summed E-state index contributed by atoms with van der Waals surface area (Å²) in [5.74, 6) is -0.359. The first-order chi connectivity index (χ1) is 24.9. The number of carbonyl (C=O) groups is 1. The van der Waals surface area contributed by atoms with Gasteiger partial charge in [-0.25, -0.2) is 4.57 Å². The number of allylic oxidation sites excluding steroid dienone is 3. The van der Waals surface area contributed by atoms with E-state index in [1.165, 1.54) is 141 Å². The van der Waals surface area contributed by atoms with Gasteiger partial charge in [-0.2, -0.15) is 0 Å². The second kappa shape index (κ2) is 40.0. The molecule has 0 radical (unpaired) electrons. The van der Waals surface area contributed by atoms with Crippen molar-refractivity contribution in [2.24, 2.45) is 5.73 Å². The van der Waals surface area contributed by atoms with Crippen LogP contribution in [0, 0.1) is 0 Å². The van der Waals surface area contributed by atoms with Crippen LogP contribution < -0.4 is 5.73 Å². The van der Waals surface area contributed by atoms with Crippen molar-refractivity contribution in [3.63, 3.8) is 0 Å². The van der Waals surface area contributed by atoms with Gasteiger partial charge in [0.1, 0.15) is 6.61 Å². The molecule has 0 amide bonds. The highest BCUT2D eigenvalue weighted by Crippen LogP contribution is 2.43. The van der Waals surface area contributed by atoms with Gasteiger partial charge >= 0.3 is 13.8 Å². The number of carbonyl (C=O) groups excluding carboxylic acids is 1. The molecule has 51 heavy (non-hydrogen) atoms. The maximum Gasteiger partial charge on any atom is 0.472 e. The lowest BCUT2D eigenvalue weighted by atomic mass is 10.0. The Morgan fingerprint density at radius 2 is 1.00 bits per heavy atom. The van der Waals surface area contributed by atoms with E-state index < -0.39 is 13.9 Å². The minimum absolute atomic E-state index is 0.0321. The predicted octanol–water partition coefficient (Wildman–Crippen LogP) is 12.8. The van der Waals surface area contributed by atoms with Crippen LogP contribution in [0.4, 0.5) is 0 Å². The predicted molar refractivity (Wildman–Crippen MR) is 215 cm³/mol. The standard InChI is InChI=1S/C42H82NO7P/c1-3-5-7-9-11-13-15-17-19-21-23-25-27-29-31-33-35-42(44)50-41(40-49-51(45,46)48-38-36-43)39-47-37-34-32-30-28-26-24-22-20-18-16-14-12-10-8-6-4-2/h19,21,34,37,41H,3-18,20,22-33,35-36,38-40,43H2,1-2H3,(H,45,46)/b21-19-,37-34-/t41-/m1/s1. The summed E-state index contributed by atoms with van der Waals surface area (Å²) in [5, 5.41) is 0. The average Bonchev–Trinajstić information content (AvgIpc) is 3.12. The van der Waals surface area contributed by atoms with Gasteiger partial charge in [0.05, 0.1) is 19.5 Å². The van der Waals surface area contributed by atoms with E-state index in [0.29, 0.717) is 6.42 Å². The zero-order valence-corrected chi connectivity index (χ0v) is 34.2. The third kappa shape index (κ3) is 39.9. The summed E-state index contributed by atoms with van der Waals surface area (Å²) in [7, 11) is -4.29. The van der Waals surface area contributed by atoms with Crippen LogP contribution >= 0.6 is 7.82 Å². The molecule has 1 unspecified atom stereocenters. The van der Waals surface area contributed by atoms with Crippen LogP contribution in [-0.2, 0) is 27.9 Å². The summed E-state index contributed by atoms with van der Waals surface area (Å²) in [6, 6.07) is 0. The highest BCUT2D eigenvalue weighted by molar-refractivity contribution is 7.47. The topological polar surface area (TPSA) is 117 Å². The Bertz CT molecular complexity index is 838. The molecule has 0 aromatic carbocycles. The third-order valence-electron chi connectivity index (χ3n) is 9.19. The molecule has 0 heterocycles. The third-order valence-corrected chi connectivity index (χ3v) is 10.2. The summed E-state index contributed by atoms with van der Waals surface area (Å²) in [5.41, 5.74) is 5.36. The van der Waals surface area contributed by atoms with Gasteiger partial charge in [-0.15, -0.1) is 0 Å². The highest BCUT2D eigenvalue weighted by Gasteiger charge is 2.25. The van der Waals surface area contributed by atoms with E-state index in [-0.39, 0.29) is 32.3 Å². The van der Waals surface area contributed by atoms with E-state index in [1.807, 2.05) is 6.08 Å². The van der Waals surface area contributed by atoms with Gasteiger partial charge in [0, 0.05) is 13.0 Å². The summed E-state index contributed by atoms with van der Waals surface area (Å²) in [6.07, 6.45) is 44.3. The van der Waals surface area contributed by atoms with Crippen LogP contribution in [0.25, 0.3) is 0 Å². The number of ether oxygens (including phenoxy) is 2. The lowest BCUT2D eigenvalue weighted by Crippen LogP contribution is -2.27. The summed E-state index contributed by atoms with van der Waals surface area (Å²) < 4.78 is 33.2. The van der Waals surface area contributed by atoms with Gasteiger partial charge in [-0.05, 0) is 51.0 Å². The van der Waals surface area contributed by atoms with Gasteiger partial charge in [-0.1, -0.05) is 167 Å². The second-order valence-electron chi connectivity index (χ2n) is 14.3. The SMILES string of the molecule is CCCCCCCCC/C=C\CCCCCCCC(=O)O[C@H](CO/C=C\CCCCCCCCCCCCCCCC)COP(=O)(O)OCCN. The molecule has 2 atom stereocenters. The number of phosphoric acid groups is 1. The first-order valence-electron chi connectivity index (χ1n) is 21.4. The van der Waals surface area contributed by atoms with E-state index >= 15 is 0 Å². The van der Waals surface area contributed by atoms with Crippen molar-refractivity contribution < 1.29 is 32.8 Å². The van der Waals surface area contributed by atoms with Gasteiger partial charge in [0.25, 0.3) is 0 Å². The fraction of sp³-hybridized carbons (Fsp3) is 0.881. The molecule has 0 bridgehead atoms. The molecule has 0 saturated carbocycles. The van der Waals surface area contributed by atoms with Gasteiger partial charge < -0.3 is 20.1 Å². The van der Waals surface area contributed by atoms with Crippen molar-refractivity contribution in [3.8, 4) is 0 Å². The van der Waals surface area contributed by atoms with Crippen molar-refractivity contribution in [1.29, 1.82) is 0 Å². The summed E-state index contributed by atoms with van der Waals surface area (Å²) >= 11 is 0. The molecule has 8 nitrogen and oxygen atoms in total. The van der Waals surface area contributed by atoms with Crippen LogP contribution in [0.15, 0.2) is 24.5 Å². The Morgan fingerprint density at radius 3 is 1.45 bits per heavy atom. The van der Waals surface area contributed by atoms with E-state index in [9.17, 15) is 14.3 Å². The molecule has 302 valence electrons. The molecular formula is C42H82NO7P. The first-order valence-corrected chi connectivity index (χ1v) is 22.9. The Labute approximate surface area is 315 Å². The van der Waals surface area contributed by atoms with Crippen LogP contribution in [0.1, 0.15) is 206 Å². The number of nitrogens with two attached hydrogens (primary N) is 1.